The molecule has 1 saturated heterocycles. The molecule has 0 aliphatic carbocycles. The summed E-state index contributed by atoms with van der Waals surface area (Å²) in [5.41, 5.74) is 3.39. The Bertz CT molecular complexity index is 1050. The fourth-order valence-electron chi connectivity index (χ4n) is 4.32. The van der Waals surface area contributed by atoms with Gasteiger partial charge in [0.1, 0.15) is 5.70 Å². The first-order valence-electron chi connectivity index (χ1n) is 9.46. The monoisotopic (exact) mass is 463 g/mol. The van der Waals surface area contributed by atoms with E-state index in [0.29, 0.717) is 23.1 Å². The number of halogens is 2. The van der Waals surface area contributed by atoms with Crippen LogP contribution >= 0.6 is 35.0 Å². The number of piperidine rings is 1. The number of nitrogens with zero attached hydrogens (tertiary/aromatic N) is 1. The third-order valence-electron chi connectivity index (χ3n) is 5.72. The normalized spacial score (nSPS) is 20.3. The average molecular weight is 464 g/mol. The molecule has 1 atom stereocenters. The zero-order valence-corrected chi connectivity index (χ0v) is 18.2. The second-order valence-electron chi connectivity index (χ2n) is 7.41. The van der Waals surface area contributed by atoms with Crippen LogP contribution in [0.4, 0.5) is 0 Å². The standard InChI is InChI=1S/C22H19Cl2NO4S/c23-16-6-5-13(11-17(16)24)20-14-3-1-2-4-15(14)22(30-20)7-9-25(10-8-22)18(21(28)29)12-19(26)27/h1-6,11-12,20H,7-10H2,(H,26,27)(H,28,29). The summed E-state index contributed by atoms with van der Waals surface area (Å²) < 4.78 is -0.156. The van der Waals surface area contributed by atoms with Crippen LogP contribution in [0.15, 0.2) is 54.2 Å². The maximum Gasteiger partial charge on any atom is 0.352 e. The number of carbonyl (C=O) groups is 2. The second-order valence-corrected chi connectivity index (χ2v) is 9.72. The zero-order chi connectivity index (χ0) is 21.5. The molecule has 0 radical (unpaired) electrons. The Morgan fingerprint density at radius 1 is 1.07 bits per heavy atom. The molecule has 8 heteroatoms. The van der Waals surface area contributed by atoms with Crippen molar-refractivity contribution < 1.29 is 19.8 Å². The van der Waals surface area contributed by atoms with E-state index < -0.39 is 11.9 Å². The van der Waals surface area contributed by atoms with Gasteiger partial charge in [-0.25, -0.2) is 9.59 Å². The largest absolute Gasteiger partial charge is 0.478 e. The fraction of sp³-hybridized carbons (Fsp3) is 0.273. The Morgan fingerprint density at radius 2 is 1.77 bits per heavy atom. The molecule has 0 aromatic heterocycles. The maximum atomic E-state index is 11.5. The SMILES string of the molecule is O=C(O)C=C(C(=O)O)N1CCC2(CC1)SC(c1ccc(Cl)c(Cl)c1)c1ccccc12. The number of thioether (sulfide) groups is 1. The molecule has 2 aliphatic rings. The van der Waals surface area contributed by atoms with E-state index in [-0.39, 0.29) is 15.7 Å². The number of carboxylic acid groups (broad SMARTS) is 2. The predicted octanol–water partition coefficient (Wildman–Crippen LogP) is 5.17. The lowest BCUT2D eigenvalue weighted by molar-refractivity contribution is -0.136. The van der Waals surface area contributed by atoms with E-state index in [1.54, 1.807) is 4.90 Å². The molecule has 4 rings (SSSR count). The molecule has 2 heterocycles. The van der Waals surface area contributed by atoms with Gasteiger partial charge < -0.3 is 15.1 Å². The lowest BCUT2D eigenvalue weighted by Crippen LogP contribution is -2.41. The van der Waals surface area contributed by atoms with E-state index in [1.807, 2.05) is 42.1 Å². The molecule has 2 aromatic rings. The molecule has 1 unspecified atom stereocenters. The average Bonchev–Trinajstić information content (AvgIpc) is 3.03. The zero-order valence-electron chi connectivity index (χ0n) is 15.8. The molecular formula is C22H19Cl2NO4S. The van der Waals surface area contributed by atoms with E-state index in [9.17, 15) is 14.7 Å². The van der Waals surface area contributed by atoms with Crippen LogP contribution < -0.4 is 0 Å². The minimum Gasteiger partial charge on any atom is -0.478 e. The molecule has 0 bridgehead atoms. The van der Waals surface area contributed by atoms with Crippen molar-refractivity contribution >= 4 is 46.9 Å². The van der Waals surface area contributed by atoms with Crippen molar-refractivity contribution in [3.8, 4) is 0 Å². The minimum absolute atomic E-state index is 0.107. The first kappa shape index (κ1) is 21.1. The van der Waals surface area contributed by atoms with Crippen LogP contribution in [-0.4, -0.2) is 40.1 Å². The Kier molecular flexibility index (Phi) is 5.75. The van der Waals surface area contributed by atoms with Crippen LogP contribution in [0.5, 0.6) is 0 Å². The van der Waals surface area contributed by atoms with E-state index in [1.165, 1.54) is 11.1 Å². The number of likely N-dealkylation sites (tertiary alicyclic amines) is 1. The highest BCUT2D eigenvalue weighted by atomic mass is 35.5. The second kappa shape index (κ2) is 8.17. The highest BCUT2D eigenvalue weighted by Gasteiger charge is 2.47. The maximum absolute atomic E-state index is 11.5. The summed E-state index contributed by atoms with van der Waals surface area (Å²) in [5, 5.41) is 19.6. The van der Waals surface area contributed by atoms with Gasteiger partial charge in [0.05, 0.1) is 21.4 Å². The van der Waals surface area contributed by atoms with Gasteiger partial charge in [0, 0.05) is 17.8 Å². The van der Waals surface area contributed by atoms with Crippen molar-refractivity contribution in [3.05, 3.63) is 81.0 Å². The summed E-state index contributed by atoms with van der Waals surface area (Å²) in [6.07, 6.45) is 2.21. The number of rotatable bonds is 4. The van der Waals surface area contributed by atoms with Crippen molar-refractivity contribution in [2.75, 3.05) is 13.1 Å². The molecule has 30 heavy (non-hydrogen) atoms. The van der Waals surface area contributed by atoms with Crippen molar-refractivity contribution in [1.29, 1.82) is 0 Å². The summed E-state index contributed by atoms with van der Waals surface area (Å²) >= 11 is 14.2. The molecule has 2 aromatic carbocycles. The first-order valence-corrected chi connectivity index (χ1v) is 11.1. The highest BCUT2D eigenvalue weighted by Crippen LogP contribution is 2.61. The Hall–Kier alpha value is -2.15. The van der Waals surface area contributed by atoms with Gasteiger partial charge in [-0.3, -0.25) is 0 Å². The van der Waals surface area contributed by atoms with Crippen LogP contribution in [0.3, 0.4) is 0 Å². The summed E-state index contributed by atoms with van der Waals surface area (Å²) in [5.74, 6) is -2.48. The van der Waals surface area contributed by atoms with E-state index in [2.05, 4.69) is 12.1 Å². The summed E-state index contributed by atoms with van der Waals surface area (Å²) in [6.45, 7) is 0.946. The first-order chi connectivity index (χ1) is 14.3. The van der Waals surface area contributed by atoms with E-state index in [4.69, 9.17) is 28.3 Å². The van der Waals surface area contributed by atoms with Crippen LogP contribution in [0.1, 0.15) is 34.8 Å². The molecule has 1 fully saturated rings. The predicted molar refractivity (Wildman–Crippen MR) is 118 cm³/mol. The van der Waals surface area contributed by atoms with Crippen LogP contribution in [0.25, 0.3) is 0 Å². The topological polar surface area (TPSA) is 77.8 Å². The number of hydrogen-bond acceptors (Lipinski definition) is 4. The van der Waals surface area contributed by atoms with Gasteiger partial charge in [0.15, 0.2) is 0 Å². The van der Waals surface area contributed by atoms with Crippen molar-refractivity contribution in [1.82, 2.24) is 4.90 Å². The lowest BCUT2D eigenvalue weighted by atomic mass is 9.84. The van der Waals surface area contributed by atoms with E-state index in [0.717, 1.165) is 24.5 Å². The number of benzene rings is 2. The van der Waals surface area contributed by atoms with Gasteiger partial charge in [-0.05, 0) is 41.7 Å². The van der Waals surface area contributed by atoms with Gasteiger partial charge >= 0.3 is 11.9 Å². The summed E-state index contributed by atoms with van der Waals surface area (Å²) in [7, 11) is 0. The quantitative estimate of drug-likeness (QED) is 0.608. The number of carboxylic acids is 2. The Labute approximate surface area is 188 Å². The summed E-state index contributed by atoms with van der Waals surface area (Å²) in [6, 6.07) is 14.0. The molecule has 156 valence electrons. The molecule has 1 spiro atoms. The molecule has 5 nitrogen and oxygen atoms in total. The molecular weight excluding hydrogens is 445 g/mol. The molecule has 2 N–H and O–H groups in total. The van der Waals surface area contributed by atoms with Gasteiger partial charge in [-0.15, -0.1) is 11.8 Å². The lowest BCUT2D eigenvalue weighted by Gasteiger charge is -2.40. The smallest absolute Gasteiger partial charge is 0.352 e. The fourth-order valence-corrected chi connectivity index (χ4v) is 6.42. The third-order valence-corrected chi connectivity index (χ3v) is 8.30. The van der Waals surface area contributed by atoms with Crippen LogP contribution in [-0.2, 0) is 14.3 Å². The van der Waals surface area contributed by atoms with E-state index >= 15 is 0 Å². The molecule has 0 saturated carbocycles. The van der Waals surface area contributed by atoms with Crippen molar-refractivity contribution in [2.24, 2.45) is 0 Å². The number of hydrogen-bond donors (Lipinski definition) is 2. The third kappa shape index (κ3) is 3.80. The highest BCUT2D eigenvalue weighted by molar-refractivity contribution is 8.01. The molecule has 0 amide bonds. The van der Waals surface area contributed by atoms with Gasteiger partial charge in [0.25, 0.3) is 0 Å². The van der Waals surface area contributed by atoms with Crippen molar-refractivity contribution in [3.63, 3.8) is 0 Å². The van der Waals surface area contributed by atoms with Gasteiger partial charge in [-0.2, -0.15) is 0 Å². The summed E-state index contributed by atoms with van der Waals surface area (Å²) in [4.78, 5) is 24.2. The minimum atomic E-state index is -1.26. The van der Waals surface area contributed by atoms with Gasteiger partial charge in [-0.1, -0.05) is 53.5 Å². The van der Waals surface area contributed by atoms with Crippen molar-refractivity contribution in [2.45, 2.75) is 22.8 Å². The molecule has 2 aliphatic heterocycles. The van der Waals surface area contributed by atoms with Gasteiger partial charge in [0.2, 0.25) is 0 Å². The Balaban J connectivity index is 1.64. The number of aliphatic carboxylic acids is 2. The van der Waals surface area contributed by atoms with Crippen LogP contribution in [0, 0.1) is 0 Å². The van der Waals surface area contributed by atoms with Crippen LogP contribution in [0.2, 0.25) is 10.0 Å². The Morgan fingerprint density at radius 3 is 2.40 bits per heavy atom. The number of fused-ring (bicyclic) bond motifs is 2.